The molecule has 0 radical (unpaired) electrons. The van der Waals surface area contributed by atoms with Gasteiger partial charge in [0.25, 0.3) is 5.91 Å². The van der Waals surface area contributed by atoms with Crippen LogP contribution in [-0.2, 0) is 19.1 Å². The summed E-state index contributed by atoms with van der Waals surface area (Å²) in [5, 5.41) is 5.77. The Labute approximate surface area is 161 Å². The van der Waals surface area contributed by atoms with Crippen LogP contribution in [0.1, 0.15) is 12.8 Å². The molecule has 0 bridgehead atoms. The highest BCUT2D eigenvalue weighted by Crippen LogP contribution is 2.15. The maximum absolute atomic E-state index is 11.8. The summed E-state index contributed by atoms with van der Waals surface area (Å²) in [5.74, 6) is -0.768. The van der Waals surface area contributed by atoms with Gasteiger partial charge in [-0.15, -0.1) is 0 Å². The number of hydrogen-bond donors (Lipinski definition) is 2. The molecule has 7 nitrogen and oxygen atoms in total. The van der Waals surface area contributed by atoms with E-state index in [0.717, 1.165) is 0 Å². The maximum Gasteiger partial charge on any atom is 0.306 e. The first-order chi connectivity index (χ1) is 13.0. The molecule has 0 aliphatic heterocycles. The van der Waals surface area contributed by atoms with Crippen LogP contribution in [0.15, 0.2) is 48.5 Å². The lowest BCUT2D eigenvalue weighted by molar-refractivity contribution is -0.147. The molecule has 2 N–H and O–H groups in total. The monoisotopic (exact) mass is 390 g/mol. The number of nitrogens with one attached hydrogen (secondary N) is 2. The third kappa shape index (κ3) is 7.37. The van der Waals surface area contributed by atoms with Gasteiger partial charge >= 0.3 is 5.97 Å². The van der Waals surface area contributed by atoms with Crippen LogP contribution >= 0.6 is 11.6 Å². The molecule has 0 aliphatic rings. The van der Waals surface area contributed by atoms with Crippen LogP contribution in [0.25, 0.3) is 0 Å². The average Bonchev–Trinajstić information content (AvgIpc) is 2.67. The average molecular weight is 391 g/mol. The molecule has 27 heavy (non-hydrogen) atoms. The van der Waals surface area contributed by atoms with Crippen molar-refractivity contribution in [3.8, 4) is 5.75 Å². The van der Waals surface area contributed by atoms with Crippen molar-refractivity contribution >= 4 is 40.8 Å². The largest absolute Gasteiger partial charge is 0.497 e. The second kappa shape index (κ2) is 10.2. The molecular formula is C19H19ClN2O5. The number of ether oxygens (including phenoxy) is 2. The normalized spacial score (nSPS) is 10.0. The molecule has 0 spiro atoms. The molecule has 2 amide bonds. The summed E-state index contributed by atoms with van der Waals surface area (Å²) in [6.45, 7) is -0.429. The SMILES string of the molecule is COc1ccc(NC(=O)CCC(=O)OCC(=O)Nc2ccc(Cl)cc2)cc1. The Hall–Kier alpha value is -3.06. The summed E-state index contributed by atoms with van der Waals surface area (Å²) < 4.78 is 9.89. The number of carbonyl (C=O) groups excluding carboxylic acids is 3. The zero-order valence-electron chi connectivity index (χ0n) is 14.7. The third-order valence-electron chi connectivity index (χ3n) is 3.42. The van der Waals surface area contributed by atoms with Crippen LogP contribution in [0.2, 0.25) is 5.02 Å². The van der Waals surface area contributed by atoms with E-state index in [1.54, 1.807) is 55.6 Å². The van der Waals surface area contributed by atoms with E-state index in [9.17, 15) is 14.4 Å². The molecule has 2 rings (SSSR count). The molecule has 0 saturated heterocycles. The number of benzene rings is 2. The van der Waals surface area contributed by atoms with Crippen molar-refractivity contribution in [3.63, 3.8) is 0 Å². The topological polar surface area (TPSA) is 93.7 Å². The fraction of sp³-hybridized carbons (Fsp3) is 0.211. The summed E-state index contributed by atoms with van der Waals surface area (Å²) in [6, 6.07) is 13.3. The summed E-state index contributed by atoms with van der Waals surface area (Å²) in [4.78, 5) is 35.2. The number of methoxy groups -OCH3 is 1. The van der Waals surface area contributed by atoms with Crippen molar-refractivity contribution in [2.24, 2.45) is 0 Å². The van der Waals surface area contributed by atoms with Gasteiger partial charge < -0.3 is 20.1 Å². The standard InChI is InChI=1S/C19H19ClN2O5/c1-26-16-8-6-15(7-9-16)21-17(23)10-11-19(25)27-12-18(24)22-14-4-2-13(20)3-5-14/h2-9H,10-12H2,1H3,(H,21,23)(H,22,24). The van der Waals surface area contributed by atoms with Gasteiger partial charge in [-0.1, -0.05) is 11.6 Å². The second-order valence-corrected chi connectivity index (χ2v) is 5.93. The first-order valence-corrected chi connectivity index (χ1v) is 8.49. The van der Waals surface area contributed by atoms with E-state index in [0.29, 0.717) is 22.1 Å². The van der Waals surface area contributed by atoms with Crippen molar-refractivity contribution < 1.29 is 23.9 Å². The number of esters is 1. The summed E-state index contributed by atoms with van der Waals surface area (Å²) >= 11 is 5.76. The molecule has 0 atom stereocenters. The smallest absolute Gasteiger partial charge is 0.306 e. The van der Waals surface area contributed by atoms with Gasteiger partial charge in [0.2, 0.25) is 5.91 Å². The van der Waals surface area contributed by atoms with Crippen LogP contribution in [0, 0.1) is 0 Å². The van der Waals surface area contributed by atoms with Gasteiger partial charge in [0.1, 0.15) is 5.75 Å². The molecule has 0 unspecified atom stereocenters. The highest BCUT2D eigenvalue weighted by atomic mass is 35.5. The Kier molecular flexibility index (Phi) is 7.63. The lowest BCUT2D eigenvalue weighted by atomic mass is 10.2. The molecule has 0 heterocycles. The lowest BCUT2D eigenvalue weighted by Crippen LogP contribution is -2.21. The van der Waals surface area contributed by atoms with Gasteiger partial charge in [-0.05, 0) is 48.5 Å². The van der Waals surface area contributed by atoms with Gasteiger partial charge in [0, 0.05) is 22.8 Å². The minimum Gasteiger partial charge on any atom is -0.497 e. The summed E-state index contributed by atoms with van der Waals surface area (Å²) in [7, 11) is 1.55. The molecule has 0 fully saturated rings. The Morgan fingerprint density at radius 1 is 0.852 bits per heavy atom. The Morgan fingerprint density at radius 2 is 1.41 bits per heavy atom. The van der Waals surface area contributed by atoms with Crippen LogP contribution < -0.4 is 15.4 Å². The van der Waals surface area contributed by atoms with E-state index in [4.69, 9.17) is 21.1 Å². The van der Waals surface area contributed by atoms with Crippen molar-refractivity contribution in [2.45, 2.75) is 12.8 Å². The molecule has 0 saturated carbocycles. The first-order valence-electron chi connectivity index (χ1n) is 8.11. The Balaban J connectivity index is 1.66. The summed E-state index contributed by atoms with van der Waals surface area (Å²) in [5.41, 5.74) is 1.14. The number of carbonyl (C=O) groups is 3. The van der Waals surface area contributed by atoms with E-state index >= 15 is 0 Å². The Bertz CT molecular complexity index is 791. The zero-order chi connectivity index (χ0) is 19.6. The van der Waals surface area contributed by atoms with E-state index < -0.39 is 18.5 Å². The highest BCUT2D eigenvalue weighted by molar-refractivity contribution is 6.30. The van der Waals surface area contributed by atoms with Crippen LogP contribution in [-0.4, -0.2) is 31.5 Å². The quantitative estimate of drug-likeness (QED) is 0.675. The first kappa shape index (κ1) is 20.3. The molecule has 0 aliphatic carbocycles. The number of halogens is 1. The fourth-order valence-corrected chi connectivity index (χ4v) is 2.19. The Morgan fingerprint density at radius 3 is 2.00 bits per heavy atom. The molecule has 2 aromatic rings. The second-order valence-electron chi connectivity index (χ2n) is 5.49. The van der Waals surface area contributed by atoms with E-state index in [-0.39, 0.29) is 18.7 Å². The number of amides is 2. The van der Waals surface area contributed by atoms with E-state index in [1.807, 2.05) is 0 Å². The number of anilines is 2. The lowest BCUT2D eigenvalue weighted by Gasteiger charge is -2.08. The van der Waals surface area contributed by atoms with Crippen LogP contribution in [0.3, 0.4) is 0 Å². The van der Waals surface area contributed by atoms with Crippen molar-refractivity contribution in [1.82, 2.24) is 0 Å². The van der Waals surface area contributed by atoms with Gasteiger partial charge in [-0.25, -0.2) is 0 Å². The van der Waals surface area contributed by atoms with E-state index in [1.165, 1.54) is 0 Å². The number of rotatable bonds is 8. The van der Waals surface area contributed by atoms with Gasteiger partial charge in [0.15, 0.2) is 6.61 Å². The van der Waals surface area contributed by atoms with Crippen LogP contribution in [0.5, 0.6) is 5.75 Å². The summed E-state index contributed by atoms with van der Waals surface area (Å²) in [6.07, 6.45) is -0.181. The van der Waals surface area contributed by atoms with Crippen molar-refractivity contribution in [3.05, 3.63) is 53.6 Å². The maximum atomic E-state index is 11.8. The van der Waals surface area contributed by atoms with Gasteiger partial charge in [0.05, 0.1) is 13.5 Å². The van der Waals surface area contributed by atoms with Crippen molar-refractivity contribution in [2.75, 3.05) is 24.4 Å². The van der Waals surface area contributed by atoms with Gasteiger partial charge in [-0.2, -0.15) is 0 Å². The molecule has 2 aromatic carbocycles. The van der Waals surface area contributed by atoms with Crippen molar-refractivity contribution in [1.29, 1.82) is 0 Å². The number of hydrogen-bond acceptors (Lipinski definition) is 5. The fourth-order valence-electron chi connectivity index (χ4n) is 2.06. The predicted molar refractivity (Wildman–Crippen MR) is 102 cm³/mol. The van der Waals surface area contributed by atoms with E-state index in [2.05, 4.69) is 10.6 Å². The molecule has 142 valence electrons. The molecule has 0 aromatic heterocycles. The minimum absolute atomic E-state index is 0.0519. The predicted octanol–water partition coefficient (Wildman–Crippen LogP) is 3.25. The van der Waals surface area contributed by atoms with Gasteiger partial charge in [-0.3, -0.25) is 14.4 Å². The third-order valence-corrected chi connectivity index (χ3v) is 3.67. The molecule has 8 heteroatoms. The molecular weight excluding hydrogens is 372 g/mol. The zero-order valence-corrected chi connectivity index (χ0v) is 15.4. The highest BCUT2D eigenvalue weighted by Gasteiger charge is 2.11. The minimum atomic E-state index is -0.633. The van der Waals surface area contributed by atoms with Crippen LogP contribution in [0.4, 0.5) is 11.4 Å².